The topological polar surface area (TPSA) is 82.1 Å². The van der Waals surface area contributed by atoms with Gasteiger partial charge in [-0.05, 0) is 0 Å². The average molecular weight is 257 g/mol. The summed E-state index contributed by atoms with van der Waals surface area (Å²) in [6.07, 6.45) is -0.0577. The fourth-order valence-corrected chi connectivity index (χ4v) is 2.32. The second-order valence-corrected chi connectivity index (χ2v) is 4.54. The number of piperazine rings is 1. The Morgan fingerprint density at radius 1 is 1.28 bits per heavy atom. The van der Waals surface area contributed by atoms with Gasteiger partial charge in [-0.25, -0.2) is 4.79 Å². The number of nitrogens with one attached hydrogen (secondary N) is 1. The predicted molar refractivity (Wildman–Crippen MR) is 63.4 cm³/mol. The molecule has 0 aliphatic carbocycles. The molecule has 0 aromatic heterocycles. The van der Waals surface area contributed by atoms with Crippen molar-refractivity contribution in [1.29, 1.82) is 0 Å². The number of hydrogen-bond acceptors (Lipinski definition) is 4. The van der Waals surface area contributed by atoms with Crippen LogP contribution in [0.1, 0.15) is 6.42 Å². The third-order valence-electron chi connectivity index (χ3n) is 3.27. The van der Waals surface area contributed by atoms with Gasteiger partial charge in [-0.2, -0.15) is 0 Å². The van der Waals surface area contributed by atoms with Gasteiger partial charge in [0.05, 0.1) is 25.7 Å². The Morgan fingerprint density at radius 2 is 2.00 bits per heavy atom. The van der Waals surface area contributed by atoms with Crippen LogP contribution in [0, 0.1) is 0 Å². The van der Waals surface area contributed by atoms with E-state index in [1.807, 2.05) is 0 Å². The minimum Gasteiger partial charge on any atom is -0.481 e. The Balaban J connectivity index is 1.98. The Bertz CT molecular complexity index is 317. The van der Waals surface area contributed by atoms with E-state index in [1.54, 1.807) is 9.80 Å². The van der Waals surface area contributed by atoms with Crippen LogP contribution in [0.3, 0.4) is 0 Å². The first kappa shape index (κ1) is 13.1. The maximum absolute atomic E-state index is 12.3. The summed E-state index contributed by atoms with van der Waals surface area (Å²) in [6.45, 7) is 4.20. The molecule has 7 heteroatoms. The molecule has 0 aromatic carbocycles. The molecule has 2 fully saturated rings. The van der Waals surface area contributed by atoms with Gasteiger partial charge in [-0.1, -0.05) is 0 Å². The molecular weight excluding hydrogens is 238 g/mol. The van der Waals surface area contributed by atoms with Gasteiger partial charge in [0, 0.05) is 32.7 Å². The lowest BCUT2D eigenvalue weighted by atomic mass is 10.1. The van der Waals surface area contributed by atoms with E-state index < -0.39 is 5.97 Å². The van der Waals surface area contributed by atoms with Gasteiger partial charge < -0.3 is 25.0 Å². The quantitative estimate of drug-likeness (QED) is 0.676. The number of rotatable bonds is 2. The number of hydrogen-bond donors (Lipinski definition) is 2. The maximum Gasteiger partial charge on any atom is 0.320 e. The normalized spacial score (nSPS) is 25.0. The molecule has 0 saturated carbocycles. The summed E-state index contributed by atoms with van der Waals surface area (Å²) in [5, 5.41) is 12.0. The average Bonchev–Trinajstić information content (AvgIpc) is 2.39. The van der Waals surface area contributed by atoms with Crippen molar-refractivity contribution in [2.75, 3.05) is 45.9 Å². The van der Waals surface area contributed by atoms with Crippen molar-refractivity contribution in [3.05, 3.63) is 0 Å². The highest BCUT2D eigenvalue weighted by atomic mass is 16.5. The molecule has 2 aliphatic heterocycles. The van der Waals surface area contributed by atoms with Gasteiger partial charge in [0.1, 0.15) is 0 Å². The van der Waals surface area contributed by atoms with Crippen molar-refractivity contribution in [2.24, 2.45) is 0 Å². The van der Waals surface area contributed by atoms with Crippen LogP contribution in [0.2, 0.25) is 0 Å². The molecule has 2 saturated heterocycles. The summed E-state index contributed by atoms with van der Waals surface area (Å²) in [5.41, 5.74) is 0. The van der Waals surface area contributed by atoms with Crippen LogP contribution in [-0.4, -0.2) is 78.9 Å². The molecule has 0 spiro atoms. The smallest absolute Gasteiger partial charge is 0.320 e. The summed E-state index contributed by atoms with van der Waals surface area (Å²) in [5.74, 6) is -0.899. The summed E-state index contributed by atoms with van der Waals surface area (Å²) in [4.78, 5) is 26.5. The molecule has 7 nitrogen and oxygen atoms in total. The van der Waals surface area contributed by atoms with Crippen molar-refractivity contribution in [3.8, 4) is 0 Å². The van der Waals surface area contributed by atoms with E-state index in [-0.39, 0.29) is 18.5 Å². The molecule has 2 aliphatic rings. The highest BCUT2D eigenvalue weighted by Crippen LogP contribution is 2.14. The number of nitrogens with zero attached hydrogens (tertiary/aromatic N) is 2. The highest BCUT2D eigenvalue weighted by molar-refractivity contribution is 5.76. The third-order valence-corrected chi connectivity index (χ3v) is 3.27. The van der Waals surface area contributed by atoms with Gasteiger partial charge in [0.15, 0.2) is 0 Å². The number of ether oxygens (including phenoxy) is 1. The fraction of sp³-hybridized carbons (Fsp3) is 0.818. The van der Waals surface area contributed by atoms with E-state index in [4.69, 9.17) is 9.84 Å². The minimum absolute atomic E-state index is 0.0577. The van der Waals surface area contributed by atoms with Crippen LogP contribution < -0.4 is 5.32 Å². The summed E-state index contributed by atoms with van der Waals surface area (Å²) in [6, 6.07) is -0.412. The van der Waals surface area contributed by atoms with Crippen molar-refractivity contribution >= 4 is 12.0 Å². The molecule has 2 amide bonds. The minimum atomic E-state index is -0.899. The monoisotopic (exact) mass is 257 g/mol. The van der Waals surface area contributed by atoms with Gasteiger partial charge in [0.25, 0.3) is 0 Å². The largest absolute Gasteiger partial charge is 0.481 e. The SMILES string of the molecule is O=C(O)CC1COCCN1C(=O)N1CCNCC1. The van der Waals surface area contributed by atoms with Crippen LogP contribution in [0.25, 0.3) is 0 Å². The highest BCUT2D eigenvalue weighted by Gasteiger charge is 2.32. The van der Waals surface area contributed by atoms with E-state index in [0.29, 0.717) is 32.8 Å². The molecule has 2 heterocycles. The predicted octanol–water partition coefficient (Wildman–Crippen LogP) is -0.813. The molecule has 102 valence electrons. The van der Waals surface area contributed by atoms with Crippen molar-refractivity contribution in [1.82, 2.24) is 15.1 Å². The summed E-state index contributed by atoms with van der Waals surface area (Å²) in [7, 11) is 0. The molecule has 1 unspecified atom stereocenters. The van der Waals surface area contributed by atoms with Gasteiger partial charge in [-0.3, -0.25) is 4.79 Å². The van der Waals surface area contributed by atoms with Crippen molar-refractivity contribution < 1.29 is 19.4 Å². The molecule has 1 atom stereocenters. The molecule has 18 heavy (non-hydrogen) atoms. The molecule has 2 N–H and O–H groups in total. The number of carboxylic acids is 1. The maximum atomic E-state index is 12.3. The number of carbonyl (C=O) groups is 2. The second-order valence-electron chi connectivity index (χ2n) is 4.54. The first-order valence-electron chi connectivity index (χ1n) is 6.24. The fourth-order valence-electron chi connectivity index (χ4n) is 2.32. The van der Waals surface area contributed by atoms with E-state index in [9.17, 15) is 9.59 Å². The number of amides is 2. The zero-order chi connectivity index (χ0) is 13.0. The number of morpholine rings is 1. The van der Waals surface area contributed by atoms with Crippen LogP contribution in [0.5, 0.6) is 0 Å². The summed E-state index contributed by atoms with van der Waals surface area (Å²) >= 11 is 0. The zero-order valence-corrected chi connectivity index (χ0v) is 10.3. The number of aliphatic carboxylic acids is 1. The lowest BCUT2D eigenvalue weighted by molar-refractivity contribution is -0.139. The lowest BCUT2D eigenvalue weighted by Gasteiger charge is -2.39. The second kappa shape index (κ2) is 6.01. The van der Waals surface area contributed by atoms with Crippen molar-refractivity contribution in [2.45, 2.75) is 12.5 Å². The molecule has 0 aromatic rings. The van der Waals surface area contributed by atoms with Crippen LogP contribution >= 0.6 is 0 Å². The Kier molecular flexibility index (Phi) is 4.38. The van der Waals surface area contributed by atoms with Crippen LogP contribution in [0.4, 0.5) is 4.79 Å². The Hall–Kier alpha value is -1.34. The number of urea groups is 1. The van der Waals surface area contributed by atoms with E-state index in [1.165, 1.54) is 0 Å². The first-order valence-corrected chi connectivity index (χ1v) is 6.24. The molecule has 2 rings (SSSR count). The van der Waals surface area contributed by atoms with Gasteiger partial charge in [-0.15, -0.1) is 0 Å². The van der Waals surface area contributed by atoms with Crippen molar-refractivity contribution in [3.63, 3.8) is 0 Å². The van der Waals surface area contributed by atoms with Crippen LogP contribution in [0.15, 0.2) is 0 Å². The first-order chi connectivity index (χ1) is 8.68. The number of carbonyl (C=O) groups excluding carboxylic acids is 1. The molecular formula is C11H19N3O4. The third kappa shape index (κ3) is 3.11. The van der Waals surface area contributed by atoms with E-state index >= 15 is 0 Å². The molecule has 0 bridgehead atoms. The standard InChI is InChI=1S/C11H19N3O4/c15-10(16)7-9-8-18-6-5-14(9)11(17)13-3-1-12-2-4-13/h9,12H,1-8H2,(H,15,16). The van der Waals surface area contributed by atoms with Crippen LogP contribution in [-0.2, 0) is 9.53 Å². The molecule has 0 radical (unpaired) electrons. The van der Waals surface area contributed by atoms with Gasteiger partial charge >= 0.3 is 12.0 Å². The lowest BCUT2D eigenvalue weighted by Crippen LogP contribution is -2.57. The summed E-state index contributed by atoms with van der Waals surface area (Å²) < 4.78 is 5.26. The van der Waals surface area contributed by atoms with E-state index in [0.717, 1.165) is 13.1 Å². The van der Waals surface area contributed by atoms with Gasteiger partial charge in [0.2, 0.25) is 0 Å². The van der Waals surface area contributed by atoms with E-state index in [2.05, 4.69) is 5.32 Å². The Labute approximate surface area is 106 Å². The Morgan fingerprint density at radius 3 is 2.67 bits per heavy atom. The number of carboxylic acid groups (broad SMARTS) is 1. The zero-order valence-electron chi connectivity index (χ0n) is 10.3.